The Morgan fingerprint density at radius 1 is 1.33 bits per heavy atom. The zero-order valence-corrected chi connectivity index (χ0v) is 15.8. The van der Waals surface area contributed by atoms with E-state index in [-0.39, 0.29) is 18.3 Å². The molecule has 0 saturated carbocycles. The number of likely N-dealkylation sites (N-methyl/N-ethyl adjacent to an activating group) is 1. The number of ether oxygens (including phenoxy) is 1. The minimum Gasteiger partial charge on any atom is -0.489 e. The molecule has 0 radical (unpaired) electrons. The number of hydrogen-bond donors (Lipinski definition) is 1. The molecule has 0 atom stereocenters. The fourth-order valence-electron chi connectivity index (χ4n) is 2.87. The first-order valence-electron chi connectivity index (χ1n) is 8.57. The van der Waals surface area contributed by atoms with E-state index in [1.165, 1.54) is 11.0 Å². The van der Waals surface area contributed by atoms with Crippen molar-refractivity contribution in [3.63, 3.8) is 0 Å². The van der Waals surface area contributed by atoms with E-state index in [4.69, 9.17) is 4.74 Å². The molecule has 2 aromatic heterocycles. The number of aromatic nitrogens is 4. The second-order valence-electron chi connectivity index (χ2n) is 6.34. The van der Waals surface area contributed by atoms with E-state index in [2.05, 4.69) is 15.3 Å². The first kappa shape index (κ1) is 18.6. The molecular weight excluding hydrogens is 349 g/mol. The Morgan fingerprint density at radius 2 is 2.07 bits per heavy atom. The number of nitrogens with one attached hydrogen (secondary N) is 1. The summed E-state index contributed by atoms with van der Waals surface area (Å²) in [7, 11) is 3.53. The van der Waals surface area contributed by atoms with Gasteiger partial charge in [-0.3, -0.25) is 14.6 Å². The normalized spacial score (nSPS) is 10.9. The van der Waals surface area contributed by atoms with E-state index in [9.17, 15) is 9.18 Å². The van der Waals surface area contributed by atoms with Crippen LogP contribution in [0.4, 0.5) is 4.39 Å². The number of benzene rings is 1. The summed E-state index contributed by atoms with van der Waals surface area (Å²) >= 11 is 0. The number of para-hydroxylation sites is 1. The van der Waals surface area contributed by atoms with E-state index in [0.717, 1.165) is 17.0 Å². The lowest BCUT2D eigenvalue weighted by atomic mass is 10.1. The highest BCUT2D eigenvalue weighted by molar-refractivity contribution is 5.93. The van der Waals surface area contributed by atoms with Crippen molar-refractivity contribution in [2.75, 3.05) is 20.2 Å². The second-order valence-corrected chi connectivity index (χ2v) is 6.34. The largest absolute Gasteiger partial charge is 0.489 e. The Bertz CT molecular complexity index is 963. The van der Waals surface area contributed by atoms with E-state index in [1.54, 1.807) is 36.0 Å². The molecule has 1 amide bonds. The SMILES string of the molecule is Cc1nn(C)c(C)c1-c1cc(C(=O)N(C)CCOc2ccccc2F)[nH]n1. The zero-order valence-electron chi connectivity index (χ0n) is 15.8. The molecule has 0 spiro atoms. The quantitative estimate of drug-likeness (QED) is 0.723. The Kier molecular flexibility index (Phi) is 5.25. The molecule has 142 valence electrons. The third kappa shape index (κ3) is 3.84. The molecule has 2 heterocycles. The number of amides is 1. The Balaban J connectivity index is 1.64. The van der Waals surface area contributed by atoms with Gasteiger partial charge < -0.3 is 9.64 Å². The molecule has 0 saturated heterocycles. The predicted octanol–water partition coefficient (Wildman–Crippen LogP) is 2.72. The van der Waals surface area contributed by atoms with Gasteiger partial charge in [0.25, 0.3) is 5.91 Å². The van der Waals surface area contributed by atoms with Crippen LogP contribution in [0.25, 0.3) is 11.3 Å². The highest BCUT2D eigenvalue weighted by Gasteiger charge is 2.19. The molecule has 0 aliphatic rings. The number of H-pyrrole nitrogens is 1. The highest BCUT2D eigenvalue weighted by Crippen LogP contribution is 2.25. The van der Waals surface area contributed by atoms with Crippen LogP contribution in [0, 0.1) is 19.7 Å². The fraction of sp³-hybridized carbons (Fsp3) is 0.316. The van der Waals surface area contributed by atoms with Crippen LogP contribution in [0.2, 0.25) is 0 Å². The van der Waals surface area contributed by atoms with Gasteiger partial charge >= 0.3 is 0 Å². The van der Waals surface area contributed by atoms with Crippen molar-refractivity contribution in [3.05, 3.63) is 53.2 Å². The van der Waals surface area contributed by atoms with Crippen LogP contribution >= 0.6 is 0 Å². The second kappa shape index (κ2) is 7.61. The van der Waals surface area contributed by atoms with Crippen LogP contribution in [-0.2, 0) is 7.05 Å². The van der Waals surface area contributed by atoms with Gasteiger partial charge in [0.15, 0.2) is 11.6 Å². The summed E-state index contributed by atoms with van der Waals surface area (Å²) in [6, 6.07) is 7.89. The van der Waals surface area contributed by atoms with Crippen LogP contribution < -0.4 is 4.74 Å². The minimum absolute atomic E-state index is 0.171. The molecule has 0 aliphatic carbocycles. The summed E-state index contributed by atoms with van der Waals surface area (Å²) in [6.45, 7) is 4.36. The molecule has 0 fully saturated rings. The van der Waals surface area contributed by atoms with Gasteiger partial charge in [-0.15, -0.1) is 0 Å². The summed E-state index contributed by atoms with van der Waals surface area (Å²) in [5.74, 6) is -0.471. The third-order valence-corrected chi connectivity index (χ3v) is 4.44. The predicted molar refractivity (Wildman–Crippen MR) is 99.1 cm³/mol. The smallest absolute Gasteiger partial charge is 0.271 e. The van der Waals surface area contributed by atoms with Crippen LogP contribution in [-0.4, -0.2) is 51.0 Å². The first-order valence-corrected chi connectivity index (χ1v) is 8.57. The molecule has 1 N–H and O–H groups in total. The summed E-state index contributed by atoms with van der Waals surface area (Å²) in [5, 5.41) is 11.4. The van der Waals surface area contributed by atoms with Crippen molar-refractivity contribution in [2.45, 2.75) is 13.8 Å². The van der Waals surface area contributed by atoms with Gasteiger partial charge in [0.05, 0.1) is 17.9 Å². The number of rotatable bonds is 6. The Morgan fingerprint density at radius 3 is 2.74 bits per heavy atom. The topological polar surface area (TPSA) is 76.0 Å². The van der Waals surface area contributed by atoms with Crippen molar-refractivity contribution in [1.82, 2.24) is 24.9 Å². The van der Waals surface area contributed by atoms with E-state index < -0.39 is 5.82 Å². The number of carbonyl (C=O) groups is 1. The Hall–Kier alpha value is -3.16. The van der Waals surface area contributed by atoms with Gasteiger partial charge in [0.1, 0.15) is 12.3 Å². The number of aryl methyl sites for hydroxylation is 2. The maximum Gasteiger partial charge on any atom is 0.271 e. The summed E-state index contributed by atoms with van der Waals surface area (Å²) in [4.78, 5) is 14.1. The average Bonchev–Trinajstić information content (AvgIpc) is 3.20. The molecule has 7 nitrogen and oxygen atoms in total. The summed E-state index contributed by atoms with van der Waals surface area (Å²) in [6.07, 6.45) is 0. The molecule has 0 unspecified atom stereocenters. The molecule has 27 heavy (non-hydrogen) atoms. The number of aromatic amines is 1. The summed E-state index contributed by atoms with van der Waals surface area (Å²) in [5.41, 5.74) is 3.80. The van der Waals surface area contributed by atoms with E-state index in [1.807, 2.05) is 20.9 Å². The molecular formula is C19H22FN5O2. The van der Waals surface area contributed by atoms with Crippen molar-refractivity contribution in [1.29, 1.82) is 0 Å². The number of hydrogen-bond acceptors (Lipinski definition) is 4. The standard InChI is InChI=1S/C19H22FN5O2/c1-12-18(13(2)25(4)23-12)15-11-16(22-21-15)19(26)24(3)9-10-27-17-8-6-5-7-14(17)20/h5-8,11H,9-10H2,1-4H3,(H,21,22). The van der Waals surface area contributed by atoms with E-state index >= 15 is 0 Å². The molecule has 8 heteroatoms. The van der Waals surface area contributed by atoms with Crippen LogP contribution in [0.1, 0.15) is 21.9 Å². The number of halogens is 1. The molecule has 0 aliphatic heterocycles. The van der Waals surface area contributed by atoms with Crippen molar-refractivity contribution in [2.24, 2.45) is 7.05 Å². The van der Waals surface area contributed by atoms with Crippen molar-refractivity contribution in [3.8, 4) is 17.0 Å². The molecule has 3 rings (SSSR count). The van der Waals surface area contributed by atoms with Crippen molar-refractivity contribution >= 4 is 5.91 Å². The number of carbonyl (C=O) groups excluding carboxylic acids is 1. The molecule has 0 bridgehead atoms. The van der Waals surface area contributed by atoms with Crippen LogP contribution in [0.3, 0.4) is 0 Å². The third-order valence-electron chi connectivity index (χ3n) is 4.44. The van der Waals surface area contributed by atoms with Gasteiger partial charge in [-0.05, 0) is 32.0 Å². The maximum atomic E-state index is 13.5. The van der Waals surface area contributed by atoms with Gasteiger partial charge in [0.2, 0.25) is 0 Å². The zero-order chi connectivity index (χ0) is 19.6. The van der Waals surface area contributed by atoms with Gasteiger partial charge in [0, 0.05) is 25.4 Å². The van der Waals surface area contributed by atoms with Gasteiger partial charge in [-0.1, -0.05) is 12.1 Å². The minimum atomic E-state index is -0.424. The maximum absolute atomic E-state index is 13.5. The lowest BCUT2D eigenvalue weighted by Gasteiger charge is -2.16. The lowest BCUT2D eigenvalue weighted by Crippen LogP contribution is -2.31. The Labute approximate surface area is 156 Å². The summed E-state index contributed by atoms with van der Waals surface area (Å²) < 4.78 is 20.7. The van der Waals surface area contributed by atoms with E-state index in [0.29, 0.717) is 17.9 Å². The first-order chi connectivity index (χ1) is 12.9. The van der Waals surface area contributed by atoms with Crippen LogP contribution in [0.15, 0.2) is 30.3 Å². The average molecular weight is 371 g/mol. The van der Waals surface area contributed by atoms with Crippen LogP contribution in [0.5, 0.6) is 5.75 Å². The van der Waals surface area contributed by atoms with Crippen molar-refractivity contribution < 1.29 is 13.9 Å². The molecule has 1 aromatic carbocycles. The highest BCUT2D eigenvalue weighted by atomic mass is 19.1. The monoisotopic (exact) mass is 371 g/mol. The van der Waals surface area contributed by atoms with Gasteiger partial charge in [-0.25, -0.2) is 4.39 Å². The lowest BCUT2D eigenvalue weighted by molar-refractivity contribution is 0.0767. The molecule has 3 aromatic rings. The van der Waals surface area contributed by atoms with Gasteiger partial charge in [-0.2, -0.15) is 10.2 Å². The number of nitrogens with zero attached hydrogens (tertiary/aromatic N) is 4. The fourth-order valence-corrected chi connectivity index (χ4v) is 2.87.